The van der Waals surface area contributed by atoms with Gasteiger partial charge in [0.2, 0.25) is 5.91 Å². The lowest BCUT2D eigenvalue weighted by Gasteiger charge is -2.37. The lowest BCUT2D eigenvalue weighted by Crippen LogP contribution is -2.50. The molecule has 0 aliphatic carbocycles. The molecule has 1 aromatic rings. The Bertz CT molecular complexity index is 477. The van der Waals surface area contributed by atoms with E-state index < -0.39 is 5.38 Å². The predicted octanol–water partition coefficient (Wildman–Crippen LogP) is 3.13. The molecule has 2 fully saturated rings. The number of benzene rings is 1. The minimum Gasteiger partial charge on any atom is -0.368 e. The van der Waals surface area contributed by atoms with Crippen molar-refractivity contribution in [1.82, 2.24) is 4.90 Å². The second-order valence-electron chi connectivity index (χ2n) is 5.67. The molecule has 2 aliphatic rings. The van der Waals surface area contributed by atoms with Gasteiger partial charge in [-0.15, -0.1) is 11.6 Å². The fraction of sp³-hybridized carbons (Fsp3) is 0.562. The van der Waals surface area contributed by atoms with Crippen LogP contribution in [0.3, 0.4) is 0 Å². The van der Waals surface area contributed by atoms with Crippen LogP contribution in [0.2, 0.25) is 0 Å². The van der Waals surface area contributed by atoms with Crippen LogP contribution in [0.15, 0.2) is 30.3 Å². The molecule has 108 valence electrons. The van der Waals surface area contributed by atoms with E-state index in [1.807, 2.05) is 23.1 Å². The Morgan fingerprint density at radius 2 is 2.15 bits per heavy atom. The van der Waals surface area contributed by atoms with E-state index in [-0.39, 0.29) is 24.2 Å². The summed E-state index contributed by atoms with van der Waals surface area (Å²) < 4.78 is 6.17. The van der Waals surface area contributed by atoms with Crippen LogP contribution in [0.4, 0.5) is 0 Å². The van der Waals surface area contributed by atoms with Crippen LogP contribution in [0.5, 0.6) is 0 Å². The van der Waals surface area contributed by atoms with Crippen LogP contribution in [-0.4, -0.2) is 34.9 Å². The predicted molar refractivity (Wildman–Crippen MR) is 78.7 cm³/mol. The fourth-order valence-corrected chi connectivity index (χ4v) is 3.46. The van der Waals surface area contributed by atoms with Crippen LogP contribution in [0.1, 0.15) is 37.9 Å². The van der Waals surface area contributed by atoms with Gasteiger partial charge in [0.25, 0.3) is 0 Å². The number of halogens is 1. The summed E-state index contributed by atoms with van der Waals surface area (Å²) in [7, 11) is 0. The van der Waals surface area contributed by atoms with Gasteiger partial charge >= 0.3 is 0 Å². The standard InChI is InChI=1S/C16H20ClNO2/c1-11(17)16(19)18-9-5-8-14-13(18)10-15(20-14)12-6-3-2-4-7-12/h2-4,6-7,11,13-15H,5,8-10H2,1H3/t11?,13-,14-,15-/m0/s1. The lowest BCUT2D eigenvalue weighted by atomic mass is 9.95. The summed E-state index contributed by atoms with van der Waals surface area (Å²) in [4.78, 5) is 14.2. The first kappa shape index (κ1) is 13.9. The molecular weight excluding hydrogens is 274 g/mol. The van der Waals surface area contributed by atoms with E-state index in [9.17, 15) is 4.79 Å². The molecule has 4 heteroatoms. The molecule has 0 N–H and O–H groups in total. The molecular formula is C16H20ClNO2. The zero-order chi connectivity index (χ0) is 14.1. The van der Waals surface area contributed by atoms with Gasteiger partial charge in [0.05, 0.1) is 18.2 Å². The monoisotopic (exact) mass is 293 g/mol. The highest BCUT2D eigenvalue weighted by Crippen LogP contribution is 2.39. The Labute approximate surface area is 124 Å². The second kappa shape index (κ2) is 5.74. The average Bonchev–Trinajstić information content (AvgIpc) is 2.91. The third-order valence-electron chi connectivity index (χ3n) is 4.31. The molecule has 0 bridgehead atoms. The van der Waals surface area contributed by atoms with Gasteiger partial charge in [0.15, 0.2) is 0 Å². The topological polar surface area (TPSA) is 29.5 Å². The maximum Gasteiger partial charge on any atom is 0.240 e. The van der Waals surface area contributed by atoms with Crippen molar-refractivity contribution in [2.24, 2.45) is 0 Å². The van der Waals surface area contributed by atoms with E-state index in [2.05, 4.69) is 12.1 Å². The molecule has 2 heterocycles. The minimum atomic E-state index is -0.454. The Balaban J connectivity index is 1.77. The molecule has 0 aromatic heterocycles. The van der Waals surface area contributed by atoms with Crippen LogP contribution < -0.4 is 0 Å². The summed E-state index contributed by atoms with van der Waals surface area (Å²) in [6, 6.07) is 10.4. The van der Waals surface area contributed by atoms with E-state index in [1.165, 1.54) is 5.56 Å². The Morgan fingerprint density at radius 3 is 2.85 bits per heavy atom. The van der Waals surface area contributed by atoms with Crippen molar-refractivity contribution in [3.63, 3.8) is 0 Å². The molecule has 3 rings (SSSR count). The molecule has 0 spiro atoms. The zero-order valence-electron chi connectivity index (χ0n) is 11.7. The molecule has 3 nitrogen and oxygen atoms in total. The first-order valence-corrected chi connectivity index (χ1v) is 7.75. The van der Waals surface area contributed by atoms with Gasteiger partial charge in [-0.2, -0.15) is 0 Å². The summed E-state index contributed by atoms with van der Waals surface area (Å²) in [5.74, 6) is 0.0404. The lowest BCUT2D eigenvalue weighted by molar-refractivity contribution is -0.136. The number of fused-ring (bicyclic) bond motifs is 1. The van der Waals surface area contributed by atoms with Gasteiger partial charge in [-0.05, 0) is 25.3 Å². The quantitative estimate of drug-likeness (QED) is 0.784. The molecule has 0 saturated carbocycles. The number of hydrogen-bond donors (Lipinski definition) is 0. The summed E-state index contributed by atoms with van der Waals surface area (Å²) in [5.41, 5.74) is 1.20. The van der Waals surface area contributed by atoms with E-state index in [4.69, 9.17) is 16.3 Å². The summed E-state index contributed by atoms with van der Waals surface area (Å²) >= 11 is 5.97. The van der Waals surface area contributed by atoms with Crippen molar-refractivity contribution in [3.8, 4) is 0 Å². The third kappa shape index (κ3) is 2.57. The second-order valence-corrected chi connectivity index (χ2v) is 6.32. The highest BCUT2D eigenvalue weighted by Gasteiger charge is 2.43. The molecule has 1 aromatic carbocycles. The van der Waals surface area contributed by atoms with Crippen LogP contribution >= 0.6 is 11.6 Å². The summed E-state index contributed by atoms with van der Waals surface area (Å²) in [6.45, 7) is 2.56. The van der Waals surface area contributed by atoms with Crippen molar-refractivity contribution in [1.29, 1.82) is 0 Å². The zero-order valence-corrected chi connectivity index (χ0v) is 12.4. The van der Waals surface area contributed by atoms with Gasteiger partial charge < -0.3 is 9.64 Å². The van der Waals surface area contributed by atoms with Gasteiger partial charge in [0, 0.05) is 13.0 Å². The minimum absolute atomic E-state index is 0.0404. The van der Waals surface area contributed by atoms with E-state index >= 15 is 0 Å². The van der Waals surface area contributed by atoms with Gasteiger partial charge in [-0.3, -0.25) is 4.79 Å². The Hall–Kier alpha value is -1.06. The van der Waals surface area contributed by atoms with Crippen molar-refractivity contribution in [2.75, 3.05) is 6.54 Å². The molecule has 20 heavy (non-hydrogen) atoms. The van der Waals surface area contributed by atoms with E-state index in [0.717, 1.165) is 25.8 Å². The van der Waals surface area contributed by atoms with Crippen molar-refractivity contribution in [3.05, 3.63) is 35.9 Å². The first-order chi connectivity index (χ1) is 9.66. The van der Waals surface area contributed by atoms with Gasteiger partial charge in [-0.1, -0.05) is 30.3 Å². The molecule has 1 unspecified atom stereocenters. The van der Waals surface area contributed by atoms with Crippen LogP contribution in [-0.2, 0) is 9.53 Å². The number of piperidine rings is 1. The van der Waals surface area contributed by atoms with Crippen molar-refractivity contribution < 1.29 is 9.53 Å². The average molecular weight is 294 g/mol. The Kier molecular flexibility index (Phi) is 3.99. The molecule has 2 saturated heterocycles. The number of carbonyl (C=O) groups is 1. The van der Waals surface area contributed by atoms with Gasteiger partial charge in [-0.25, -0.2) is 0 Å². The number of amides is 1. The number of ether oxygens (including phenoxy) is 1. The number of likely N-dealkylation sites (tertiary alicyclic amines) is 1. The summed E-state index contributed by atoms with van der Waals surface area (Å²) in [6.07, 6.45) is 3.18. The van der Waals surface area contributed by atoms with Crippen LogP contribution in [0.25, 0.3) is 0 Å². The smallest absolute Gasteiger partial charge is 0.240 e. The number of carbonyl (C=O) groups excluding carboxylic acids is 1. The molecule has 4 atom stereocenters. The number of alkyl halides is 1. The third-order valence-corrected chi connectivity index (χ3v) is 4.49. The number of hydrogen-bond acceptors (Lipinski definition) is 2. The normalized spacial score (nSPS) is 30.9. The number of rotatable bonds is 2. The molecule has 0 radical (unpaired) electrons. The van der Waals surface area contributed by atoms with E-state index in [1.54, 1.807) is 6.92 Å². The van der Waals surface area contributed by atoms with Crippen molar-refractivity contribution >= 4 is 17.5 Å². The highest BCUT2D eigenvalue weighted by molar-refractivity contribution is 6.30. The van der Waals surface area contributed by atoms with E-state index in [0.29, 0.717) is 0 Å². The molecule has 2 aliphatic heterocycles. The maximum atomic E-state index is 12.2. The van der Waals surface area contributed by atoms with Gasteiger partial charge in [0.1, 0.15) is 5.38 Å². The SMILES string of the molecule is CC(Cl)C(=O)N1CCC[C@@H]2O[C@H](c3ccccc3)C[C@@H]21. The summed E-state index contributed by atoms with van der Waals surface area (Å²) in [5, 5.41) is -0.454. The fourth-order valence-electron chi connectivity index (χ4n) is 3.33. The van der Waals surface area contributed by atoms with Crippen molar-refractivity contribution in [2.45, 2.75) is 49.8 Å². The Morgan fingerprint density at radius 1 is 1.40 bits per heavy atom. The first-order valence-electron chi connectivity index (χ1n) is 7.32. The van der Waals surface area contributed by atoms with Crippen LogP contribution in [0, 0.1) is 0 Å². The number of nitrogens with zero attached hydrogens (tertiary/aromatic N) is 1. The highest BCUT2D eigenvalue weighted by atomic mass is 35.5. The molecule has 1 amide bonds. The largest absolute Gasteiger partial charge is 0.368 e. The maximum absolute atomic E-state index is 12.2.